The lowest BCUT2D eigenvalue weighted by molar-refractivity contribution is 0.224. The lowest BCUT2D eigenvalue weighted by atomic mass is 10.1. The molecule has 1 atom stereocenters. The molecule has 4 nitrogen and oxygen atoms in total. The van der Waals surface area contributed by atoms with Gasteiger partial charge in [0.15, 0.2) is 0 Å². The minimum Gasteiger partial charge on any atom is -0.461 e. The zero-order chi connectivity index (χ0) is 13.5. The number of nitrogens with zero attached hydrogens (tertiary/aromatic N) is 2. The van der Waals surface area contributed by atoms with Crippen LogP contribution >= 0.6 is 11.3 Å². The summed E-state index contributed by atoms with van der Waals surface area (Å²) in [6, 6.07) is 10.1. The van der Waals surface area contributed by atoms with Gasteiger partial charge in [-0.25, -0.2) is 0 Å². The number of ether oxygens (including phenoxy) is 1. The fourth-order valence-electron chi connectivity index (χ4n) is 1.67. The van der Waals surface area contributed by atoms with Gasteiger partial charge in [-0.05, 0) is 25.5 Å². The van der Waals surface area contributed by atoms with E-state index < -0.39 is 0 Å². The zero-order valence-electron chi connectivity index (χ0n) is 11.3. The molecule has 2 rings (SSSR count). The SMILES string of the molecule is CCCNCc1nnc(OC(C)c2ccccc2)s1. The van der Waals surface area contributed by atoms with Gasteiger partial charge in [-0.3, -0.25) is 0 Å². The summed E-state index contributed by atoms with van der Waals surface area (Å²) in [5, 5.41) is 13.1. The van der Waals surface area contributed by atoms with Crippen LogP contribution in [0.5, 0.6) is 5.19 Å². The van der Waals surface area contributed by atoms with Gasteiger partial charge in [-0.2, -0.15) is 0 Å². The second-order valence-electron chi connectivity index (χ2n) is 4.31. The van der Waals surface area contributed by atoms with Gasteiger partial charge in [0, 0.05) is 6.54 Å². The van der Waals surface area contributed by atoms with Crippen LogP contribution in [-0.2, 0) is 6.54 Å². The highest BCUT2D eigenvalue weighted by Gasteiger charge is 2.10. The van der Waals surface area contributed by atoms with Crippen molar-refractivity contribution < 1.29 is 4.74 Å². The smallest absolute Gasteiger partial charge is 0.294 e. The average molecular weight is 277 g/mol. The monoisotopic (exact) mass is 277 g/mol. The number of aromatic nitrogens is 2. The van der Waals surface area contributed by atoms with E-state index in [1.807, 2.05) is 25.1 Å². The Hall–Kier alpha value is -1.46. The highest BCUT2D eigenvalue weighted by atomic mass is 32.1. The van der Waals surface area contributed by atoms with Crippen molar-refractivity contribution in [3.8, 4) is 5.19 Å². The largest absolute Gasteiger partial charge is 0.461 e. The third-order valence-corrected chi connectivity index (χ3v) is 3.51. The van der Waals surface area contributed by atoms with E-state index in [4.69, 9.17) is 4.74 Å². The Labute approximate surface area is 117 Å². The first-order chi connectivity index (χ1) is 9.29. The van der Waals surface area contributed by atoms with Crippen molar-refractivity contribution >= 4 is 11.3 Å². The number of hydrogen-bond donors (Lipinski definition) is 1. The molecule has 0 aliphatic carbocycles. The Morgan fingerprint density at radius 1 is 1.26 bits per heavy atom. The van der Waals surface area contributed by atoms with E-state index in [1.165, 1.54) is 11.3 Å². The molecule has 19 heavy (non-hydrogen) atoms. The van der Waals surface area contributed by atoms with E-state index in [0.717, 1.165) is 30.1 Å². The van der Waals surface area contributed by atoms with Crippen molar-refractivity contribution in [2.75, 3.05) is 6.54 Å². The summed E-state index contributed by atoms with van der Waals surface area (Å²) in [5.74, 6) is 0. The van der Waals surface area contributed by atoms with Crippen molar-refractivity contribution in [1.29, 1.82) is 0 Å². The topological polar surface area (TPSA) is 47.0 Å². The van der Waals surface area contributed by atoms with Crippen LogP contribution in [0.3, 0.4) is 0 Å². The Balaban J connectivity index is 1.89. The molecule has 0 fully saturated rings. The molecule has 1 N–H and O–H groups in total. The van der Waals surface area contributed by atoms with Gasteiger partial charge in [-0.15, -0.1) is 5.10 Å². The van der Waals surface area contributed by atoms with Crippen LogP contribution in [0.25, 0.3) is 0 Å². The summed E-state index contributed by atoms with van der Waals surface area (Å²) < 4.78 is 5.80. The molecule has 1 aromatic heterocycles. The van der Waals surface area contributed by atoms with Crippen LogP contribution in [0.2, 0.25) is 0 Å². The van der Waals surface area contributed by atoms with Crippen LogP contribution in [0.15, 0.2) is 30.3 Å². The Morgan fingerprint density at radius 2 is 2.05 bits per heavy atom. The summed E-state index contributed by atoms with van der Waals surface area (Å²) in [6.07, 6.45) is 1.11. The molecule has 0 amide bonds. The van der Waals surface area contributed by atoms with Gasteiger partial charge in [0.2, 0.25) is 0 Å². The molecule has 1 heterocycles. The molecule has 1 aromatic carbocycles. The van der Waals surface area contributed by atoms with Gasteiger partial charge in [0.1, 0.15) is 11.1 Å². The number of nitrogens with one attached hydrogen (secondary N) is 1. The molecule has 2 aromatic rings. The van der Waals surface area contributed by atoms with E-state index >= 15 is 0 Å². The van der Waals surface area contributed by atoms with E-state index in [2.05, 4.69) is 34.6 Å². The fraction of sp³-hybridized carbons (Fsp3) is 0.429. The van der Waals surface area contributed by atoms with E-state index in [9.17, 15) is 0 Å². The number of rotatable bonds is 7. The molecule has 0 radical (unpaired) electrons. The van der Waals surface area contributed by atoms with Crippen molar-refractivity contribution in [2.24, 2.45) is 0 Å². The molecule has 0 bridgehead atoms. The molecule has 0 saturated carbocycles. The third kappa shape index (κ3) is 4.29. The van der Waals surface area contributed by atoms with E-state index in [1.54, 1.807) is 0 Å². The maximum Gasteiger partial charge on any atom is 0.294 e. The zero-order valence-corrected chi connectivity index (χ0v) is 12.1. The van der Waals surface area contributed by atoms with Gasteiger partial charge in [0.25, 0.3) is 5.19 Å². The Bertz CT molecular complexity index is 486. The molecule has 0 spiro atoms. The summed E-state index contributed by atoms with van der Waals surface area (Å²) in [4.78, 5) is 0. The number of benzene rings is 1. The first-order valence-electron chi connectivity index (χ1n) is 6.54. The summed E-state index contributed by atoms with van der Waals surface area (Å²) in [6.45, 7) is 5.92. The van der Waals surface area contributed by atoms with Crippen molar-refractivity contribution in [1.82, 2.24) is 15.5 Å². The molecular weight excluding hydrogens is 258 g/mol. The van der Waals surface area contributed by atoms with Crippen LogP contribution in [0.1, 0.15) is 36.9 Å². The molecule has 0 aliphatic heterocycles. The lowest BCUT2D eigenvalue weighted by Gasteiger charge is -2.11. The third-order valence-electron chi connectivity index (χ3n) is 2.70. The highest BCUT2D eigenvalue weighted by molar-refractivity contribution is 7.13. The first kappa shape index (κ1) is 14.0. The average Bonchev–Trinajstić information content (AvgIpc) is 2.88. The minimum atomic E-state index is -0.00870. The van der Waals surface area contributed by atoms with Gasteiger partial charge in [0.05, 0.1) is 0 Å². The normalized spacial score (nSPS) is 12.3. The van der Waals surface area contributed by atoms with Crippen LogP contribution in [0, 0.1) is 0 Å². The van der Waals surface area contributed by atoms with Gasteiger partial charge >= 0.3 is 0 Å². The quantitative estimate of drug-likeness (QED) is 0.790. The minimum absolute atomic E-state index is 0.00870. The predicted molar refractivity (Wildman–Crippen MR) is 77.4 cm³/mol. The summed E-state index contributed by atoms with van der Waals surface area (Å²) in [7, 11) is 0. The Morgan fingerprint density at radius 3 is 2.79 bits per heavy atom. The second kappa shape index (κ2) is 7.21. The number of hydrogen-bond acceptors (Lipinski definition) is 5. The Kier molecular flexibility index (Phi) is 5.30. The van der Waals surface area contributed by atoms with Gasteiger partial charge < -0.3 is 10.1 Å². The molecule has 1 unspecified atom stereocenters. The molecule has 5 heteroatoms. The standard InChI is InChI=1S/C14H19N3OS/c1-3-9-15-10-13-16-17-14(19-13)18-11(2)12-7-5-4-6-8-12/h4-8,11,15H,3,9-10H2,1-2H3. The maximum atomic E-state index is 5.80. The predicted octanol–water partition coefficient (Wildman–Crippen LogP) is 3.18. The summed E-state index contributed by atoms with van der Waals surface area (Å²) >= 11 is 1.50. The molecule has 0 aliphatic rings. The summed E-state index contributed by atoms with van der Waals surface area (Å²) in [5.41, 5.74) is 1.14. The molecular formula is C14H19N3OS. The molecule has 102 valence electrons. The first-order valence-corrected chi connectivity index (χ1v) is 7.36. The van der Waals surface area contributed by atoms with Crippen LogP contribution < -0.4 is 10.1 Å². The van der Waals surface area contributed by atoms with Crippen LogP contribution in [-0.4, -0.2) is 16.7 Å². The van der Waals surface area contributed by atoms with Gasteiger partial charge in [-0.1, -0.05) is 53.7 Å². The molecule has 0 saturated heterocycles. The van der Waals surface area contributed by atoms with Crippen molar-refractivity contribution in [3.05, 3.63) is 40.9 Å². The van der Waals surface area contributed by atoms with Crippen molar-refractivity contribution in [3.63, 3.8) is 0 Å². The van der Waals surface area contributed by atoms with E-state index in [-0.39, 0.29) is 6.10 Å². The highest BCUT2D eigenvalue weighted by Crippen LogP contribution is 2.24. The van der Waals surface area contributed by atoms with E-state index in [0.29, 0.717) is 5.19 Å². The second-order valence-corrected chi connectivity index (χ2v) is 5.33. The van der Waals surface area contributed by atoms with Crippen molar-refractivity contribution in [2.45, 2.75) is 32.9 Å². The van der Waals surface area contributed by atoms with Crippen LogP contribution in [0.4, 0.5) is 0 Å². The lowest BCUT2D eigenvalue weighted by Crippen LogP contribution is -2.13. The fourth-order valence-corrected chi connectivity index (χ4v) is 2.40. The maximum absolute atomic E-state index is 5.80.